The van der Waals surface area contributed by atoms with E-state index < -0.39 is 23.7 Å². The van der Waals surface area contributed by atoms with E-state index in [0.29, 0.717) is 31.6 Å². The molecular formula is C18H17FN4O3S. The number of aromatic nitrogens is 1. The molecule has 2 aliphatic heterocycles. The molecule has 0 saturated carbocycles. The molecule has 4 rings (SSSR count). The normalized spacial score (nSPS) is 23.3. The summed E-state index contributed by atoms with van der Waals surface area (Å²) in [5.41, 5.74) is 0.694. The van der Waals surface area contributed by atoms with Crippen LogP contribution in [-0.2, 0) is 4.79 Å². The van der Waals surface area contributed by atoms with Gasteiger partial charge in [0.2, 0.25) is 5.91 Å². The second-order valence-electron chi connectivity index (χ2n) is 6.67. The maximum Gasteiger partial charge on any atom is 0.350 e. The molecule has 7 nitrogen and oxygen atoms in total. The number of imide groups is 1. The van der Waals surface area contributed by atoms with Crippen molar-refractivity contribution in [2.75, 3.05) is 13.1 Å². The molecule has 0 aromatic carbocycles. The maximum absolute atomic E-state index is 13.5. The van der Waals surface area contributed by atoms with Crippen LogP contribution >= 0.6 is 11.3 Å². The molecule has 1 fully saturated rings. The zero-order valence-electron chi connectivity index (χ0n) is 14.6. The van der Waals surface area contributed by atoms with Gasteiger partial charge in [0.15, 0.2) is 0 Å². The van der Waals surface area contributed by atoms with Crippen LogP contribution in [0.15, 0.2) is 34.4 Å². The summed E-state index contributed by atoms with van der Waals surface area (Å²) < 4.78 is 13.5. The van der Waals surface area contributed by atoms with E-state index in [-0.39, 0.29) is 17.7 Å². The Kier molecular flexibility index (Phi) is 4.47. The number of fused-ring (bicyclic) bond motifs is 1. The van der Waals surface area contributed by atoms with Gasteiger partial charge in [-0.1, -0.05) is 0 Å². The Morgan fingerprint density at radius 3 is 2.67 bits per heavy atom. The van der Waals surface area contributed by atoms with E-state index >= 15 is 0 Å². The number of aliphatic imine (C=N–C) groups is 1. The van der Waals surface area contributed by atoms with E-state index in [2.05, 4.69) is 9.98 Å². The first kappa shape index (κ1) is 17.7. The largest absolute Gasteiger partial charge is 0.350 e. The Bertz CT molecular complexity index is 911. The minimum atomic E-state index is -0.856. The second kappa shape index (κ2) is 6.80. The summed E-state index contributed by atoms with van der Waals surface area (Å²) in [6.45, 7) is 2.68. The number of hydrogen-bond acceptors (Lipinski definition) is 5. The van der Waals surface area contributed by atoms with Crippen molar-refractivity contribution in [2.45, 2.75) is 25.8 Å². The van der Waals surface area contributed by atoms with Crippen LogP contribution in [0.1, 0.15) is 28.3 Å². The Balaban J connectivity index is 1.46. The fourth-order valence-corrected chi connectivity index (χ4v) is 4.16. The van der Waals surface area contributed by atoms with Crippen LogP contribution in [0, 0.1) is 12.8 Å². The van der Waals surface area contributed by atoms with E-state index in [9.17, 15) is 18.8 Å². The van der Waals surface area contributed by atoms with E-state index in [1.165, 1.54) is 29.6 Å². The molecule has 1 aromatic heterocycles. The van der Waals surface area contributed by atoms with Crippen molar-refractivity contribution >= 4 is 34.9 Å². The highest BCUT2D eigenvalue weighted by atomic mass is 32.1. The van der Waals surface area contributed by atoms with Gasteiger partial charge in [0.05, 0.1) is 10.7 Å². The molecule has 9 heteroatoms. The Morgan fingerprint density at radius 1 is 1.26 bits per heavy atom. The first-order valence-electron chi connectivity index (χ1n) is 8.66. The van der Waals surface area contributed by atoms with Gasteiger partial charge in [0.1, 0.15) is 17.4 Å². The molecule has 4 amide bonds. The number of carbonyl (C=O) groups excluding carboxylic acids is 3. The predicted molar refractivity (Wildman–Crippen MR) is 97.3 cm³/mol. The van der Waals surface area contributed by atoms with Crippen LogP contribution in [-0.4, -0.2) is 57.5 Å². The van der Waals surface area contributed by atoms with E-state index in [1.54, 1.807) is 10.3 Å². The van der Waals surface area contributed by atoms with Crippen molar-refractivity contribution in [1.29, 1.82) is 0 Å². The molecule has 1 saturated heterocycles. The monoisotopic (exact) mass is 388 g/mol. The SMILES string of the molecule is Cc1nc(C(=O)N2CCC(N3C(=O)N=C4C=CC(F)=CC4C3=O)CC2)cs1. The molecule has 1 atom stereocenters. The maximum atomic E-state index is 13.5. The number of amides is 4. The first-order valence-corrected chi connectivity index (χ1v) is 9.54. The molecular weight excluding hydrogens is 371 g/mol. The van der Waals surface area contributed by atoms with Crippen molar-refractivity contribution in [3.8, 4) is 0 Å². The smallest absolute Gasteiger partial charge is 0.337 e. The summed E-state index contributed by atoms with van der Waals surface area (Å²) >= 11 is 1.42. The molecule has 0 spiro atoms. The molecule has 3 aliphatic rings. The summed E-state index contributed by atoms with van der Waals surface area (Å²) in [6.07, 6.45) is 4.67. The fourth-order valence-electron chi connectivity index (χ4n) is 3.57. The third-order valence-electron chi connectivity index (χ3n) is 4.95. The minimum Gasteiger partial charge on any atom is -0.337 e. The molecule has 27 heavy (non-hydrogen) atoms. The second-order valence-corrected chi connectivity index (χ2v) is 7.73. The highest BCUT2D eigenvalue weighted by Gasteiger charge is 2.41. The number of piperidine rings is 1. The number of aryl methyl sites for hydroxylation is 1. The lowest BCUT2D eigenvalue weighted by Crippen LogP contribution is -2.54. The minimum absolute atomic E-state index is 0.142. The van der Waals surface area contributed by atoms with E-state index in [4.69, 9.17) is 0 Å². The summed E-state index contributed by atoms with van der Waals surface area (Å²) in [4.78, 5) is 48.6. The van der Waals surface area contributed by atoms with Gasteiger partial charge < -0.3 is 4.90 Å². The van der Waals surface area contributed by atoms with Crippen LogP contribution in [0.3, 0.4) is 0 Å². The topological polar surface area (TPSA) is 82.9 Å². The number of carbonyl (C=O) groups is 3. The molecule has 3 heterocycles. The molecule has 1 aromatic rings. The number of thiazole rings is 1. The fraction of sp³-hybridized carbons (Fsp3) is 0.389. The summed E-state index contributed by atoms with van der Waals surface area (Å²) in [5, 5.41) is 2.56. The Morgan fingerprint density at radius 2 is 2.00 bits per heavy atom. The molecule has 140 valence electrons. The van der Waals surface area contributed by atoms with Gasteiger partial charge in [-0.15, -0.1) is 11.3 Å². The van der Waals surface area contributed by atoms with Gasteiger partial charge in [-0.2, -0.15) is 4.99 Å². The number of nitrogens with zero attached hydrogens (tertiary/aromatic N) is 4. The van der Waals surface area contributed by atoms with Crippen molar-refractivity contribution < 1.29 is 18.8 Å². The summed E-state index contributed by atoms with van der Waals surface area (Å²) in [7, 11) is 0. The number of allylic oxidation sites excluding steroid dienone is 3. The third-order valence-corrected chi connectivity index (χ3v) is 5.72. The van der Waals surface area contributed by atoms with Gasteiger partial charge >= 0.3 is 6.03 Å². The highest BCUT2D eigenvalue weighted by Crippen LogP contribution is 2.28. The number of likely N-dealkylation sites (tertiary alicyclic amines) is 1. The van der Waals surface area contributed by atoms with Crippen LogP contribution in [0.4, 0.5) is 9.18 Å². The molecule has 0 N–H and O–H groups in total. The van der Waals surface area contributed by atoms with Crippen LogP contribution in [0.5, 0.6) is 0 Å². The highest BCUT2D eigenvalue weighted by molar-refractivity contribution is 7.09. The lowest BCUT2D eigenvalue weighted by Gasteiger charge is -2.39. The number of urea groups is 1. The van der Waals surface area contributed by atoms with Gasteiger partial charge in [-0.25, -0.2) is 14.2 Å². The van der Waals surface area contributed by atoms with Crippen molar-refractivity contribution in [3.05, 3.63) is 40.1 Å². The lowest BCUT2D eigenvalue weighted by molar-refractivity contribution is -0.131. The standard InChI is InChI=1S/C18H17FN4O3S/c1-10-20-15(9-27-10)17(25)22-6-4-12(5-7-22)23-16(24)13-8-11(19)2-3-14(13)21-18(23)26/h2-3,8-9,12-13H,4-7H2,1H3. The average Bonchev–Trinajstić information content (AvgIpc) is 3.09. The summed E-state index contributed by atoms with van der Waals surface area (Å²) in [6, 6.07) is -0.967. The lowest BCUT2D eigenvalue weighted by atomic mass is 9.92. The molecule has 1 aliphatic carbocycles. The van der Waals surface area contributed by atoms with Gasteiger partial charge in [-0.3, -0.25) is 14.5 Å². The third kappa shape index (κ3) is 3.23. The van der Waals surface area contributed by atoms with Gasteiger partial charge in [-0.05, 0) is 38.0 Å². The zero-order chi connectivity index (χ0) is 19.1. The predicted octanol–water partition coefficient (Wildman–Crippen LogP) is 2.50. The van der Waals surface area contributed by atoms with Crippen LogP contribution in [0.2, 0.25) is 0 Å². The summed E-state index contributed by atoms with van der Waals surface area (Å²) in [5.74, 6) is -1.97. The zero-order valence-corrected chi connectivity index (χ0v) is 15.4. The van der Waals surface area contributed by atoms with Crippen LogP contribution < -0.4 is 0 Å². The van der Waals surface area contributed by atoms with Gasteiger partial charge in [0, 0.05) is 24.5 Å². The van der Waals surface area contributed by atoms with E-state index in [1.807, 2.05) is 6.92 Å². The van der Waals surface area contributed by atoms with Crippen molar-refractivity contribution in [2.24, 2.45) is 10.9 Å². The van der Waals surface area contributed by atoms with Crippen LogP contribution in [0.25, 0.3) is 0 Å². The number of rotatable bonds is 2. The quantitative estimate of drug-likeness (QED) is 0.779. The average molecular weight is 388 g/mol. The first-order chi connectivity index (χ1) is 12.9. The Labute approximate surface area is 158 Å². The number of halogens is 1. The van der Waals surface area contributed by atoms with Crippen molar-refractivity contribution in [1.82, 2.24) is 14.8 Å². The molecule has 1 unspecified atom stereocenters. The van der Waals surface area contributed by atoms with Crippen molar-refractivity contribution in [3.63, 3.8) is 0 Å². The van der Waals surface area contributed by atoms with Gasteiger partial charge in [0.25, 0.3) is 5.91 Å². The Hall–Kier alpha value is -2.68. The van der Waals surface area contributed by atoms with E-state index in [0.717, 1.165) is 9.91 Å². The molecule has 0 radical (unpaired) electrons. The molecule has 0 bridgehead atoms. The number of hydrogen-bond donors (Lipinski definition) is 0.